The zero-order chi connectivity index (χ0) is 9.42. The van der Waals surface area contributed by atoms with Gasteiger partial charge >= 0.3 is 0 Å². The average Bonchev–Trinajstić information content (AvgIpc) is 2.91. The summed E-state index contributed by atoms with van der Waals surface area (Å²) in [6, 6.07) is 6.47. The molecule has 78 valence electrons. The fourth-order valence-electron chi connectivity index (χ4n) is 1.45. The van der Waals surface area contributed by atoms with Crippen molar-refractivity contribution in [1.82, 2.24) is 0 Å². The second-order valence-electron chi connectivity index (χ2n) is 3.54. The molecule has 1 nitrogen and oxygen atoms in total. The monoisotopic (exact) mass is 339 g/mol. The van der Waals surface area contributed by atoms with E-state index < -0.39 is 0 Å². The van der Waals surface area contributed by atoms with Gasteiger partial charge in [0, 0.05) is 15.0 Å². The molecule has 14 heavy (non-hydrogen) atoms. The molecule has 0 spiro atoms. The molecular weight excluding hydrogens is 329 g/mol. The number of benzene rings is 1. The van der Waals surface area contributed by atoms with Crippen molar-refractivity contribution < 1.29 is 0 Å². The van der Waals surface area contributed by atoms with Crippen LogP contribution in [0.3, 0.4) is 0 Å². The summed E-state index contributed by atoms with van der Waals surface area (Å²) < 4.78 is 2.17. The lowest BCUT2D eigenvalue weighted by molar-refractivity contribution is 0.633. The summed E-state index contributed by atoms with van der Waals surface area (Å²) in [7, 11) is 0. The minimum absolute atomic E-state index is 0. The fraction of sp³-hybridized carbons (Fsp3) is 0.400. The smallest absolute Gasteiger partial charge is 0.0323 e. The first-order valence-corrected chi connectivity index (χ1v) is 5.97. The summed E-state index contributed by atoms with van der Waals surface area (Å²) in [6.07, 6.45) is 2.57. The maximum Gasteiger partial charge on any atom is 0.0323 e. The van der Waals surface area contributed by atoms with Crippen LogP contribution in [0.4, 0.5) is 0 Å². The number of hydrogen-bond acceptors (Lipinski definition) is 1. The Balaban J connectivity index is 0.000000980. The van der Waals surface area contributed by atoms with Gasteiger partial charge in [-0.05, 0) is 68.3 Å². The standard InChI is InChI=1S/C10H11Br2N.ClH/c11-8-4-3-7(5-9(8)12)10(13)6-1-2-6;/h3-6,10H,1-2,13H2;1H/t10-;/m1./s1. The van der Waals surface area contributed by atoms with E-state index in [2.05, 4.69) is 44.0 Å². The zero-order valence-corrected chi connectivity index (χ0v) is 11.5. The van der Waals surface area contributed by atoms with E-state index in [1.54, 1.807) is 0 Å². The summed E-state index contributed by atoms with van der Waals surface area (Å²) in [6.45, 7) is 0. The molecule has 2 rings (SSSR count). The van der Waals surface area contributed by atoms with Crippen LogP contribution in [-0.2, 0) is 0 Å². The highest BCUT2D eigenvalue weighted by molar-refractivity contribution is 9.13. The topological polar surface area (TPSA) is 26.0 Å². The SMILES string of the molecule is Cl.N[C@@H](c1ccc(Br)c(Br)c1)C1CC1. The molecule has 1 aliphatic rings. The van der Waals surface area contributed by atoms with Crippen molar-refractivity contribution in [2.45, 2.75) is 18.9 Å². The van der Waals surface area contributed by atoms with Crippen molar-refractivity contribution in [3.8, 4) is 0 Å². The van der Waals surface area contributed by atoms with Crippen LogP contribution in [0.25, 0.3) is 0 Å². The predicted octanol–water partition coefficient (Wildman–Crippen LogP) is 4.04. The van der Waals surface area contributed by atoms with Crippen LogP contribution in [0, 0.1) is 5.92 Å². The number of hydrogen-bond donors (Lipinski definition) is 1. The number of halogens is 3. The Morgan fingerprint density at radius 1 is 1.21 bits per heavy atom. The van der Waals surface area contributed by atoms with Gasteiger partial charge in [0.15, 0.2) is 0 Å². The third-order valence-electron chi connectivity index (χ3n) is 2.46. The minimum Gasteiger partial charge on any atom is -0.324 e. The molecule has 0 aromatic heterocycles. The molecular formula is C10H12Br2ClN. The molecule has 0 amide bonds. The van der Waals surface area contributed by atoms with Gasteiger partial charge in [-0.2, -0.15) is 0 Å². The second-order valence-corrected chi connectivity index (χ2v) is 5.25. The molecule has 1 aromatic rings. The Hall–Kier alpha value is 0.430. The second kappa shape index (κ2) is 4.97. The number of nitrogens with two attached hydrogens (primary N) is 1. The minimum atomic E-state index is 0. The third kappa shape index (κ3) is 2.72. The largest absolute Gasteiger partial charge is 0.324 e. The Labute approximate surface area is 107 Å². The molecule has 0 unspecified atom stereocenters. The van der Waals surface area contributed by atoms with Crippen LogP contribution in [0.1, 0.15) is 24.4 Å². The lowest BCUT2D eigenvalue weighted by atomic mass is 10.0. The molecule has 1 aliphatic carbocycles. The Kier molecular flexibility index (Phi) is 4.44. The molecule has 1 atom stereocenters. The summed E-state index contributed by atoms with van der Waals surface area (Å²) >= 11 is 6.92. The molecule has 2 N–H and O–H groups in total. The molecule has 0 aliphatic heterocycles. The highest BCUT2D eigenvalue weighted by Gasteiger charge is 2.29. The molecule has 1 saturated carbocycles. The van der Waals surface area contributed by atoms with E-state index in [1.807, 2.05) is 6.07 Å². The Morgan fingerprint density at radius 2 is 1.86 bits per heavy atom. The van der Waals surface area contributed by atoms with Gasteiger partial charge in [0.05, 0.1) is 0 Å². The highest BCUT2D eigenvalue weighted by Crippen LogP contribution is 2.40. The zero-order valence-electron chi connectivity index (χ0n) is 7.54. The normalized spacial score (nSPS) is 17.4. The first-order chi connectivity index (χ1) is 6.18. The van der Waals surface area contributed by atoms with Gasteiger partial charge in [-0.1, -0.05) is 6.07 Å². The van der Waals surface area contributed by atoms with Crippen molar-refractivity contribution in [3.05, 3.63) is 32.7 Å². The summed E-state index contributed by atoms with van der Waals surface area (Å²) in [5.74, 6) is 0.716. The summed E-state index contributed by atoms with van der Waals surface area (Å²) in [5, 5.41) is 0. The van der Waals surface area contributed by atoms with E-state index in [0.717, 1.165) is 8.95 Å². The highest BCUT2D eigenvalue weighted by atomic mass is 79.9. The molecule has 1 aromatic carbocycles. The molecule has 0 radical (unpaired) electrons. The summed E-state index contributed by atoms with van der Waals surface area (Å²) in [5.41, 5.74) is 7.32. The first kappa shape index (κ1) is 12.5. The molecule has 0 bridgehead atoms. The van der Waals surface area contributed by atoms with E-state index in [-0.39, 0.29) is 18.4 Å². The Bertz CT molecular complexity index is 326. The van der Waals surface area contributed by atoms with E-state index in [1.165, 1.54) is 18.4 Å². The van der Waals surface area contributed by atoms with E-state index in [4.69, 9.17) is 5.73 Å². The molecule has 1 fully saturated rings. The molecule has 0 heterocycles. The van der Waals surface area contributed by atoms with Gasteiger partial charge < -0.3 is 5.73 Å². The van der Waals surface area contributed by atoms with Crippen molar-refractivity contribution >= 4 is 44.3 Å². The van der Waals surface area contributed by atoms with Gasteiger partial charge in [-0.3, -0.25) is 0 Å². The van der Waals surface area contributed by atoms with E-state index in [0.29, 0.717) is 5.92 Å². The van der Waals surface area contributed by atoms with Crippen molar-refractivity contribution in [3.63, 3.8) is 0 Å². The first-order valence-electron chi connectivity index (χ1n) is 4.39. The van der Waals surface area contributed by atoms with Crippen LogP contribution < -0.4 is 5.73 Å². The predicted molar refractivity (Wildman–Crippen MR) is 68.7 cm³/mol. The maximum atomic E-state index is 6.08. The Morgan fingerprint density at radius 3 is 2.36 bits per heavy atom. The van der Waals surface area contributed by atoms with E-state index >= 15 is 0 Å². The van der Waals surface area contributed by atoms with Gasteiger partial charge in [-0.25, -0.2) is 0 Å². The van der Waals surface area contributed by atoms with Crippen molar-refractivity contribution in [2.24, 2.45) is 11.7 Å². The lowest BCUT2D eigenvalue weighted by Crippen LogP contribution is -2.12. The van der Waals surface area contributed by atoms with E-state index in [9.17, 15) is 0 Å². The fourth-order valence-corrected chi connectivity index (χ4v) is 2.09. The third-order valence-corrected chi connectivity index (χ3v) is 4.34. The van der Waals surface area contributed by atoms with Crippen LogP contribution in [0.15, 0.2) is 27.1 Å². The maximum absolute atomic E-state index is 6.08. The van der Waals surface area contributed by atoms with Gasteiger partial charge in [0.2, 0.25) is 0 Å². The van der Waals surface area contributed by atoms with Crippen molar-refractivity contribution in [1.29, 1.82) is 0 Å². The van der Waals surface area contributed by atoms with Gasteiger partial charge in [-0.15, -0.1) is 12.4 Å². The van der Waals surface area contributed by atoms with Gasteiger partial charge in [0.1, 0.15) is 0 Å². The van der Waals surface area contributed by atoms with Crippen LogP contribution in [-0.4, -0.2) is 0 Å². The van der Waals surface area contributed by atoms with Crippen LogP contribution in [0.2, 0.25) is 0 Å². The van der Waals surface area contributed by atoms with Crippen molar-refractivity contribution in [2.75, 3.05) is 0 Å². The quantitative estimate of drug-likeness (QED) is 0.863. The van der Waals surface area contributed by atoms with Gasteiger partial charge in [0.25, 0.3) is 0 Å². The molecule has 4 heteroatoms. The number of rotatable bonds is 2. The van der Waals surface area contributed by atoms with Crippen LogP contribution >= 0.6 is 44.3 Å². The average molecular weight is 341 g/mol. The van der Waals surface area contributed by atoms with Crippen LogP contribution in [0.5, 0.6) is 0 Å². The lowest BCUT2D eigenvalue weighted by Gasteiger charge is -2.11. The molecule has 0 saturated heterocycles. The summed E-state index contributed by atoms with van der Waals surface area (Å²) in [4.78, 5) is 0.